The van der Waals surface area contributed by atoms with Gasteiger partial charge in [-0.15, -0.1) is 0 Å². The van der Waals surface area contributed by atoms with Crippen LogP contribution in [0.1, 0.15) is 30.1 Å². The Hall–Kier alpha value is -1.60. The number of carbonyl (C=O) groups excluding carboxylic acids is 1. The predicted molar refractivity (Wildman–Crippen MR) is 84.5 cm³/mol. The highest BCUT2D eigenvalue weighted by atomic mass is 32.2. The van der Waals surface area contributed by atoms with Gasteiger partial charge in [-0.25, -0.2) is 12.7 Å². The molecule has 0 saturated carbocycles. The molecule has 1 amide bonds. The Kier molecular flexibility index (Phi) is 5.42. The third kappa shape index (κ3) is 3.78. The Labute approximate surface area is 131 Å². The summed E-state index contributed by atoms with van der Waals surface area (Å²) in [6, 6.07) is 7.04. The van der Waals surface area contributed by atoms with Crippen LogP contribution in [-0.2, 0) is 10.0 Å². The number of nitrogens with zero attached hydrogens (tertiary/aromatic N) is 1. The number of benzene rings is 1. The fourth-order valence-electron chi connectivity index (χ4n) is 2.56. The van der Waals surface area contributed by atoms with Crippen molar-refractivity contribution in [3.63, 3.8) is 0 Å². The van der Waals surface area contributed by atoms with Gasteiger partial charge in [0.05, 0.1) is 18.4 Å². The molecule has 0 aromatic heterocycles. The molecule has 1 aromatic carbocycles. The number of hydrogen-bond donors (Lipinski definition) is 1. The van der Waals surface area contributed by atoms with Gasteiger partial charge in [0, 0.05) is 19.1 Å². The van der Waals surface area contributed by atoms with Crippen LogP contribution in [-0.4, -0.2) is 50.6 Å². The second kappa shape index (κ2) is 7.11. The van der Waals surface area contributed by atoms with Crippen molar-refractivity contribution in [2.24, 2.45) is 0 Å². The second-order valence-electron chi connectivity index (χ2n) is 5.25. The largest absolute Gasteiger partial charge is 0.496 e. The molecule has 0 unspecified atom stereocenters. The number of sulfonamides is 1. The molecule has 122 valence electrons. The molecule has 1 aliphatic heterocycles. The van der Waals surface area contributed by atoms with Crippen LogP contribution in [0.2, 0.25) is 0 Å². The van der Waals surface area contributed by atoms with E-state index in [0.717, 1.165) is 0 Å². The number of rotatable bonds is 5. The fraction of sp³-hybridized carbons (Fsp3) is 0.533. The molecular weight excluding hydrogens is 304 g/mol. The second-order valence-corrected chi connectivity index (χ2v) is 7.51. The van der Waals surface area contributed by atoms with E-state index in [1.165, 1.54) is 11.4 Å². The van der Waals surface area contributed by atoms with Gasteiger partial charge in [-0.2, -0.15) is 0 Å². The molecule has 22 heavy (non-hydrogen) atoms. The minimum absolute atomic E-state index is 0.0132. The molecule has 1 fully saturated rings. The van der Waals surface area contributed by atoms with Gasteiger partial charge >= 0.3 is 0 Å². The molecule has 1 aliphatic rings. The van der Waals surface area contributed by atoms with E-state index in [2.05, 4.69) is 5.32 Å². The zero-order valence-electron chi connectivity index (χ0n) is 12.9. The van der Waals surface area contributed by atoms with Crippen molar-refractivity contribution in [2.45, 2.75) is 25.8 Å². The maximum Gasteiger partial charge on any atom is 0.255 e. The normalized spacial score (nSPS) is 17.2. The Morgan fingerprint density at radius 2 is 1.95 bits per heavy atom. The third-order valence-electron chi connectivity index (χ3n) is 3.90. The van der Waals surface area contributed by atoms with Crippen molar-refractivity contribution in [1.82, 2.24) is 9.62 Å². The van der Waals surface area contributed by atoms with Gasteiger partial charge in [0.1, 0.15) is 5.75 Å². The molecule has 1 aromatic rings. The van der Waals surface area contributed by atoms with Crippen LogP contribution in [0.25, 0.3) is 0 Å². The monoisotopic (exact) mass is 326 g/mol. The zero-order valence-corrected chi connectivity index (χ0v) is 13.7. The highest BCUT2D eigenvalue weighted by Gasteiger charge is 2.27. The predicted octanol–water partition coefficient (Wildman–Crippen LogP) is 1.24. The van der Waals surface area contributed by atoms with Crippen LogP contribution in [0.4, 0.5) is 0 Å². The lowest BCUT2D eigenvalue weighted by atomic mass is 10.1. The number of nitrogens with one attached hydrogen (secondary N) is 1. The molecule has 7 heteroatoms. The highest BCUT2D eigenvalue weighted by Crippen LogP contribution is 2.19. The average Bonchev–Trinajstić information content (AvgIpc) is 2.55. The summed E-state index contributed by atoms with van der Waals surface area (Å²) in [4.78, 5) is 12.3. The van der Waals surface area contributed by atoms with Crippen molar-refractivity contribution >= 4 is 15.9 Å². The van der Waals surface area contributed by atoms with Gasteiger partial charge in [-0.1, -0.05) is 12.1 Å². The van der Waals surface area contributed by atoms with E-state index in [9.17, 15) is 13.2 Å². The van der Waals surface area contributed by atoms with Crippen LogP contribution >= 0.6 is 0 Å². The van der Waals surface area contributed by atoms with Crippen molar-refractivity contribution < 1.29 is 17.9 Å². The molecule has 0 bridgehead atoms. The molecule has 0 atom stereocenters. The van der Waals surface area contributed by atoms with E-state index >= 15 is 0 Å². The van der Waals surface area contributed by atoms with Crippen molar-refractivity contribution in [2.75, 3.05) is 26.0 Å². The first-order valence-corrected chi connectivity index (χ1v) is 9.00. The third-order valence-corrected chi connectivity index (χ3v) is 5.78. The first-order valence-electron chi connectivity index (χ1n) is 7.39. The fourth-order valence-corrected chi connectivity index (χ4v) is 3.69. The highest BCUT2D eigenvalue weighted by molar-refractivity contribution is 7.89. The molecule has 6 nitrogen and oxygen atoms in total. The molecule has 0 spiro atoms. The summed E-state index contributed by atoms with van der Waals surface area (Å²) in [7, 11) is -1.61. The number of hydrogen-bond acceptors (Lipinski definition) is 4. The lowest BCUT2D eigenvalue weighted by molar-refractivity contribution is 0.0921. The molecule has 2 rings (SSSR count). The Bertz CT molecular complexity index is 622. The smallest absolute Gasteiger partial charge is 0.255 e. The van der Waals surface area contributed by atoms with Crippen molar-refractivity contribution in [1.29, 1.82) is 0 Å². The molecule has 0 radical (unpaired) electrons. The first-order chi connectivity index (χ1) is 10.5. The topological polar surface area (TPSA) is 75.7 Å². The Balaban J connectivity index is 1.95. The van der Waals surface area contributed by atoms with Gasteiger partial charge < -0.3 is 10.1 Å². The van der Waals surface area contributed by atoms with Gasteiger partial charge in [0.25, 0.3) is 5.91 Å². The number of carbonyl (C=O) groups is 1. The van der Waals surface area contributed by atoms with Gasteiger partial charge in [0.15, 0.2) is 0 Å². The molecular formula is C15H22N2O4S. The summed E-state index contributed by atoms with van der Waals surface area (Å²) in [5, 5.41) is 2.96. The molecule has 1 saturated heterocycles. The summed E-state index contributed by atoms with van der Waals surface area (Å²) < 4.78 is 30.3. The quantitative estimate of drug-likeness (QED) is 0.883. The van der Waals surface area contributed by atoms with E-state index < -0.39 is 10.0 Å². The van der Waals surface area contributed by atoms with Crippen LogP contribution in [0.3, 0.4) is 0 Å². The van der Waals surface area contributed by atoms with E-state index in [1.807, 2.05) is 6.07 Å². The molecule has 1 N–H and O–H groups in total. The number of amides is 1. The summed E-state index contributed by atoms with van der Waals surface area (Å²) in [6.07, 6.45) is 1.25. The molecule has 1 heterocycles. The lowest BCUT2D eigenvalue weighted by Crippen LogP contribution is -2.46. The average molecular weight is 326 g/mol. The summed E-state index contributed by atoms with van der Waals surface area (Å²) in [6.45, 7) is 2.55. The van der Waals surface area contributed by atoms with Gasteiger partial charge in [0.2, 0.25) is 10.0 Å². The van der Waals surface area contributed by atoms with E-state index in [-0.39, 0.29) is 17.7 Å². The van der Waals surface area contributed by atoms with Crippen LogP contribution in [0.15, 0.2) is 24.3 Å². The Morgan fingerprint density at radius 1 is 1.32 bits per heavy atom. The number of ether oxygens (including phenoxy) is 1. The van der Waals surface area contributed by atoms with Gasteiger partial charge in [-0.3, -0.25) is 4.79 Å². The Morgan fingerprint density at radius 3 is 2.55 bits per heavy atom. The van der Waals surface area contributed by atoms with Crippen LogP contribution < -0.4 is 10.1 Å². The van der Waals surface area contributed by atoms with E-state index in [4.69, 9.17) is 4.74 Å². The number of para-hydroxylation sites is 1. The zero-order chi connectivity index (χ0) is 16.2. The van der Waals surface area contributed by atoms with E-state index in [1.54, 1.807) is 25.1 Å². The minimum Gasteiger partial charge on any atom is -0.496 e. The van der Waals surface area contributed by atoms with Gasteiger partial charge in [-0.05, 0) is 31.9 Å². The maximum atomic E-state index is 12.3. The standard InChI is InChI=1S/C15H22N2O4S/c1-3-22(19,20)17-10-8-12(9-11-17)16-15(18)13-6-4-5-7-14(13)21-2/h4-7,12H,3,8-11H2,1-2H3,(H,16,18). The van der Waals surface area contributed by atoms with Crippen LogP contribution in [0, 0.1) is 0 Å². The maximum absolute atomic E-state index is 12.3. The van der Waals surface area contributed by atoms with E-state index in [0.29, 0.717) is 37.2 Å². The lowest BCUT2D eigenvalue weighted by Gasteiger charge is -2.31. The van der Waals surface area contributed by atoms with Crippen molar-refractivity contribution in [3.05, 3.63) is 29.8 Å². The first kappa shape index (κ1) is 16.8. The molecule has 0 aliphatic carbocycles. The summed E-state index contributed by atoms with van der Waals surface area (Å²) in [5.41, 5.74) is 0.494. The number of methoxy groups -OCH3 is 1. The van der Waals surface area contributed by atoms with Crippen molar-refractivity contribution in [3.8, 4) is 5.75 Å². The van der Waals surface area contributed by atoms with Crippen LogP contribution in [0.5, 0.6) is 5.75 Å². The summed E-state index contributed by atoms with van der Waals surface area (Å²) >= 11 is 0. The minimum atomic E-state index is -3.14. The SMILES string of the molecule is CCS(=O)(=O)N1CCC(NC(=O)c2ccccc2OC)CC1. The number of piperidine rings is 1. The summed E-state index contributed by atoms with van der Waals surface area (Å²) in [5.74, 6) is 0.464.